The van der Waals surface area contributed by atoms with Crippen molar-refractivity contribution in [2.24, 2.45) is 0 Å². The van der Waals surface area contributed by atoms with Gasteiger partial charge in [-0.2, -0.15) is 0 Å². The molecule has 2 aromatic rings. The van der Waals surface area contributed by atoms with Crippen LogP contribution in [0, 0.1) is 0 Å². The Bertz CT molecular complexity index is 696. The molecule has 1 unspecified atom stereocenters. The van der Waals surface area contributed by atoms with E-state index in [1.807, 2.05) is 30.3 Å². The van der Waals surface area contributed by atoms with E-state index in [1.165, 1.54) is 11.1 Å². The van der Waals surface area contributed by atoms with E-state index in [1.54, 1.807) is 4.90 Å². The number of fused-ring (bicyclic) bond motifs is 1. The monoisotopic (exact) mass is 323 g/mol. The normalized spacial score (nSPS) is 16.6. The lowest BCUT2D eigenvalue weighted by Crippen LogP contribution is -2.37. The average molecular weight is 323 g/mol. The van der Waals surface area contributed by atoms with Crippen molar-refractivity contribution in [1.82, 2.24) is 0 Å². The lowest BCUT2D eigenvalue weighted by atomic mass is 9.87. The lowest BCUT2D eigenvalue weighted by molar-refractivity contribution is 0.146. The summed E-state index contributed by atoms with van der Waals surface area (Å²) in [6, 6.07) is 16.3. The molecule has 3 heteroatoms. The Kier molecular flexibility index (Phi) is 5.19. The minimum absolute atomic E-state index is 0.251. The summed E-state index contributed by atoms with van der Waals surface area (Å²) in [5.41, 5.74) is 4.64. The molecule has 1 amide bonds. The number of carbonyl (C=O) groups excluding carboxylic acids is 1. The highest BCUT2D eigenvalue weighted by Crippen LogP contribution is 2.38. The zero-order valence-electron chi connectivity index (χ0n) is 14.5. The second-order valence-electron chi connectivity index (χ2n) is 6.33. The highest BCUT2D eigenvalue weighted by Gasteiger charge is 2.28. The summed E-state index contributed by atoms with van der Waals surface area (Å²) in [4.78, 5) is 14.4. The molecule has 1 aliphatic rings. The van der Waals surface area contributed by atoms with Crippen molar-refractivity contribution in [3.8, 4) is 0 Å². The summed E-state index contributed by atoms with van der Waals surface area (Å²) >= 11 is 0. The maximum atomic E-state index is 12.6. The van der Waals surface area contributed by atoms with Crippen LogP contribution in [0.15, 0.2) is 48.5 Å². The molecule has 1 aliphatic heterocycles. The molecule has 0 fully saturated rings. The zero-order valence-corrected chi connectivity index (χ0v) is 14.5. The fourth-order valence-corrected chi connectivity index (χ4v) is 3.37. The minimum atomic E-state index is -0.251. The van der Waals surface area contributed by atoms with Crippen molar-refractivity contribution in [3.05, 3.63) is 65.2 Å². The second-order valence-corrected chi connectivity index (χ2v) is 6.33. The third-order valence-electron chi connectivity index (χ3n) is 4.85. The molecule has 3 rings (SSSR count). The molecule has 3 nitrogen and oxygen atoms in total. The summed E-state index contributed by atoms with van der Waals surface area (Å²) in [5, 5.41) is 0. The predicted octanol–water partition coefficient (Wildman–Crippen LogP) is 5.29. The van der Waals surface area contributed by atoms with Gasteiger partial charge in [0.15, 0.2) is 0 Å². The first-order chi connectivity index (χ1) is 11.7. The number of benzene rings is 2. The first-order valence-electron chi connectivity index (χ1n) is 8.84. The van der Waals surface area contributed by atoms with Gasteiger partial charge in [0.1, 0.15) is 6.61 Å². The van der Waals surface area contributed by atoms with E-state index in [0.717, 1.165) is 37.1 Å². The SMILES string of the molecule is CCc1ccc2c(c1)C(CC)CCN2C(=O)OCc1ccccc1. The molecule has 0 saturated carbocycles. The van der Waals surface area contributed by atoms with Gasteiger partial charge in [0.25, 0.3) is 0 Å². The molecule has 0 radical (unpaired) electrons. The fourth-order valence-electron chi connectivity index (χ4n) is 3.37. The molecule has 1 atom stereocenters. The number of hydrogen-bond acceptors (Lipinski definition) is 2. The summed E-state index contributed by atoms with van der Waals surface area (Å²) in [7, 11) is 0. The lowest BCUT2D eigenvalue weighted by Gasteiger charge is -2.33. The molecule has 0 aliphatic carbocycles. The summed E-state index contributed by atoms with van der Waals surface area (Å²) in [6.07, 6.45) is 2.87. The van der Waals surface area contributed by atoms with Crippen molar-refractivity contribution in [3.63, 3.8) is 0 Å². The number of amides is 1. The third kappa shape index (κ3) is 3.45. The standard InChI is InChI=1S/C21H25NO2/c1-3-16-10-11-20-19(14-16)18(4-2)12-13-22(20)21(23)24-15-17-8-6-5-7-9-17/h5-11,14,18H,3-4,12-13,15H2,1-2H3. The Balaban J connectivity index is 1.78. The van der Waals surface area contributed by atoms with Gasteiger partial charge in [0.2, 0.25) is 0 Å². The fraction of sp³-hybridized carbons (Fsp3) is 0.381. The Morgan fingerprint density at radius 3 is 2.62 bits per heavy atom. The van der Waals surface area contributed by atoms with Crippen LogP contribution in [0.3, 0.4) is 0 Å². The topological polar surface area (TPSA) is 29.5 Å². The Morgan fingerprint density at radius 2 is 1.92 bits per heavy atom. The quantitative estimate of drug-likeness (QED) is 0.765. The van der Waals surface area contributed by atoms with Gasteiger partial charge in [0.05, 0.1) is 5.69 Å². The van der Waals surface area contributed by atoms with Crippen molar-refractivity contribution in [2.75, 3.05) is 11.4 Å². The van der Waals surface area contributed by atoms with E-state index >= 15 is 0 Å². The molecule has 0 bridgehead atoms. The maximum Gasteiger partial charge on any atom is 0.414 e. The van der Waals surface area contributed by atoms with Gasteiger partial charge in [0, 0.05) is 6.54 Å². The van der Waals surface area contributed by atoms with E-state index in [0.29, 0.717) is 12.5 Å². The Morgan fingerprint density at radius 1 is 1.12 bits per heavy atom. The van der Waals surface area contributed by atoms with Gasteiger partial charge in [-0.1, -0.05) is 56.3 Å². The number of anilines is 1. The van der Waals surface area contributed by atoms with Crippen LogP contribution in [0.2, 0.25) is 0 Å². The van der Waals surface area contributed by atoms with Gasteiger partial charge in [-0.25, -0.2) is 4.79 Å². The molecular formula is C21H25NO2. The van der Waals surface area contributed by atoms with Crippen molar-refractivity contribution in [2.45, 2.75) is 45.6 Å². The molecule has 0 N–H and O–H groups in total. The van der Waals surface area contributed by atoms with E-state index < -0.39 is 0 Å². The molecule has 24 heavy (non-hydrogen) atoms. The number of nitrogens with zero attached hydrogens (tertiary/aromatic N) is 1. The smallest absolute Gasteiger partial charge is 0.414 e. The molecule has 1 heterocycles. The van der Waals surface area contributed by atoms with E-state index in [2.05, 4.69) is 32.0 Å². The Hall–Kier alpha value is -2.29. The van der Waals surface area contributed by atoms with Crippen LogP contribution in [0.25, 0.3) is 0 Å². The van der Waals surface area contributed by atoms with Crippen molar-refractivity contribution in [1.29, 1.82) is 0 Å². The van der Waals surface area contributed by atoms with Crippen LogP contribution in [-0.4, -0.2) is 12.6 Å². The number of aryl methyl sites for hydroxylation is 1. The number of ether oxygens (including phenoxy) is 1. The molecule has 126 valence electrons. The van der Waals surface area contributed by atoms with Crippen LogP contribution >= 0.6 is 0 Å². The van der Waals surface area contributed by atoms with E-state index in [9.17, 15) is 4.79 Å². The number of carbonyl (C=O) groups is 1. The van der Waals surface area contributed by atoms with Crippen LogP contribution < -0.4 is 4.90 Å². The van der Waals surface area contributed by atoms with Gasteiger partial charge in [-0.05, 0) is 47.9 Å². The summed E-state index contributed by atoms with van der Waals surface area (Å²) in [5.74, 6) is 0.532. The second kappa shape index (κ2) is 7.52. The summed E-state index contributed by atoms with van der Waals surface area (Å²) in [6.45, 7) is 5.42. The minimum Gasteiger partial charge on any atom is -0.444 e. The van der Waals surface area contributed by atoms with Crippen LogP contribution in [-0.2, 0) is 17.8 Å². The van der Waals surface area contributed by atoms with Crippen LogP contribution in [0.5, 0.6) is 0 Å². The number of hydrogen-bond donors (Lipinski definition) is 0. The van der Waals surface area contributed by atoms with Gasteiger partial charge in [-0.3, -0.25) is 4.90 Å². The highest BCUT2D eigenvalue weighted by atomic mass is 16.6. The average Bonchev–Trinajstić information content (AvgIpc) is 2.65. The van der Waals surface area contributed by atoms with Gasteiger partial charge in [-0.15, -0.1) is 0 Å². The Labute approximate surface area is 144 Å². The number of rotatable bonds is 4. The first kappa shape index (κ1) is 16.6. The molecule has 0 spiro atoms. The van der Waals surface area contributed by atoms with Gasteiger partial charge < -0.3 is 4.74 Å². The van der Waals surface area contributed by atoms with E-state index in [4.69, 9.17) is 4.74 Å². The van der Waals surface area contributed by atoms with Crippen LogP contribution in [0.1, 0.15) is 49.3 Å². The van der Waals surface area contributed by atoms with Crippen molar-refractivity contribution >= 4 is 11.8 Å². The zero-order chi connectivity index (χ0) is 16.9. The summed E-state index contributed by atoms with van der Waals surface area (Å²) < 4.78 is 5.54. The third-order valence-corrected chi connectivity index (χ3v) is 4.85. The molecule has 0 aromatic heterocycles. The van der Waals surface area contributed by atoms with Gasteiger partial charge >= 0.3 is 6.09 Å². The molecule has 2 aromatic carbocycles. The highest BCUT2D eigenvalue weighted by molar-refractivity contribution is 5.89. The largest absolute Gasteiger partial charge is 0.444 e. The van der Waals surface area contributed by atoms with E-state index in [-0.39, 0.29) is 6.09 Å². The molecule has 0 saturated heterocycles. The van der Waals surface area contributed by atoms with Crippen LogP contribution in [0.4, 0.5) is 10.5 Å². The maximum absolute atomic E-state index is 12.6. The predicted molar refractivity (Wildman–Crippen MR) is 97.4 cm³/mol. The molecular weight excluding hydrogens is 298 g/mol. The van der Waals surface area contributed by atoms with Crippen molar-refractivity contribution < 1.29 is 9.53 Å². The first-order valence-corrected chi connectivity index (χ1v) is 8.84.